The molecule has 0 atom stereocenters. The van der Waals surface area contributed by atoms with Crippen molar-refractivity contribution >= 4 is 0 Å². The van der Waals surface area contributed by atoms with E-state index in [1.165, 1.54) is 55.6 Å². The summed E-state index contributed by atoms with van der Waals surface area (Å²) in [6.07, 6.45) is 3.69. The van der Waals surface area contributed by atoms with Gasteiger partial charge >= 0.3 is 0 Å². The Bertz CT molecular complexity index is 2850. The second-order valence-corrected chi connectivity index (χ2v) is 14.4. The molecule has 11 rings (SSSR count). The van der Waals surface area contributed by atoms with E-state index in [1.54, 1.807) is 6.20 Å². The largest absolute Gasteiger partial charge is 0.264 e. The average Bonchev–Trinajstić information content (AvgIpc) is 3.74. The SMILES string of the molecule is c1ccc(-c2nc(-c3ccc(-c4cccnc4)cc3)cc(-c3ccc(-c4ccc5c(c4)-c4ccccc4C54c5ccccc5-c5ccccc54)cc3)n2)cc1. The van der Waals surface area contributed by atoms with Gasteiger partial charge in [-0.25, -0.2) is 9.97 Å². The molecule has 9 aromatic rings. The van der Waals surface area contributed by atoms with Crippen molar-refractivity contribution in [3.05, 3.63) is 223 Å². The summed E-state index contributed by atoms with van der Waals surface area (Å²) in [5, 5.41) is 0. The van der Waals surface area contributed by atoms with E-state index < -0.39 is 0 Å². The van der Waals surface area contributed by atoms with Gasteiger partial charge in [0.2, 0.25) is 0 Å². The normalized spacial score (nSPS) is 12.9. The van der Waals surface area contributed by atoms with Gasteiger partial charge < -0.3 is 0 Å². The first-order chi connectivity index (χ1) is 27.3. The minimum absolute atomic E-state index is 0.332. The number of hydrogen-bond donors (Lipinski definition) is 0. The van der Waals surface area contributed by atoms with E-state index in [2.05, 4.69) is 169 Å². The van der Waals surface area contributed by atoms with Crippen LogP contribution in [0.1, 0.15) is 22.3 Å². The Labute approximate surface area is 320 Å². The van der Waals surface area contributed by atoms with Gasteiger partial charge in [-0.1, -0.05) is 170 Å². The van der Waals surface area contributed by atoms with E-state index in [0.29, 0.717) is 5.82 Å². The molecule has 3 nitrogen and oxygen atoms in total. The lowest BCUT2D eigenvalue weighted by Crippen LogP contribution is -2.25. The van der Waals surface area contributed by atoms with Crippen molar-refractivity contribution in [2.24, 2.45) is 0 Å². The number of rotatable bonds is 5. The summed E-state index contributed by atoms with van der Waals surface area (Å²) in [6, 6.07) is 67.7. The number of benzene rings is 7. The summed E-state index contributed by atoms with van der Waals surface area (Å²) >= 11 is 0. The zero-order valence-electron chi connectivity index (χ0n) is 29.9. The van der Waals surface area contributed by atoms with Crippen molar-refractivity contribution in [2.75, 3.05) is 0 Å². The summed E-state index contributed by atoms with van der Waals surface area (Å²) in [4.78, 5) is 14.4. The number of pyridine rings is 1. The first kappa shape index (κ1) is 31.3. The van der Waals surface area contributed by atoms with E-state index in [4.69, 9.17) is 9.97 Å². The van der Waals surface area contributed by atoms with Gasteiger partial charge in [-0.2, -0.15) is 0 Å². The molecule has 2 heterocycles. The predicted octanol–water partition coefficient (Wildman–Crippen LogP) is 12.6. The molecule has 7 aromatic carbocycles. The molecule has 2 aliphatic carbocycles. The van der Waals surface area contributed by atoms with Gasteiger partial charge in [-0.05, 0) is 85.0 Å². The molecule has 1 spiro atoms. The highest BCUT2D eigenvalue weighted by atomic mass is 14.9. The highest BCUT2D eigenvalue weighted by Gasteiger charge is 2.51. The van der Waals surface area contributed by atoms with Gasteiger partial charge in [0.05, 0.1) is 16.8 Å². The Kier molecular flexibility index (Phi) is 7.08. The molecule has 0 saturated heterocycles. The lowest BCUT2D eigenvalue weighted by Gasteiger charge is -2.30. The van der Waals surface area contributed by atoms with Crippen molar-refractivity contribution in [2.45, 2.75) is 5.41 Å². The second-order valence-electron chi connectivity index (χ2n) is 14.4. The van der Waals surface area contributed by atoms with Gasteiger partial charge in [0, 0.05) is 29.1 Å². The fourth-order valence-corrected chi connectivity index (χ4v) is 8.94. The van der Waals surface area contributed by atoms with E-state index in [0.717, 1.165) is 39.2 Å². The zero-order valence-corrected chi connectivity index (χ0v) is 29.9. The van der Waals surface area contributed by atoms with Crippen LogP contribution in [-0.4, -0.2) is 15.0 Å². The quantitative estimate of drug-likeness (QED) is 0.179. The lowest BCUT2D eigenvalue weighted by atomic mass is 9.70. The maximum Gasteiger partial charge on any atom is 0.160 e. The first-order valence-corrected chi connectivity index (χ1v) is 18.8. The third-order valence-corrected chi connectivity index (χ3v) is 11.4. The van der Waals surface area contributed by atoms with Crippen LogP contribution >= 0.6 is 0 Å². The Morgan fingerprint density at radius 1 is 0.309 bits per heavy atom. The Morgan fingerprint density at radius 2 is 0.764 bits per heavy atom. The van der Waals surface area contributed by atoms with E-state index in [1.807, 2.05) is 30.5 Å². The molecule has 0 aliphatic heterocycles. The Balaban J connectivity index is 0.988. The van der Waals surface area contributed by atoms with Crippen LogP contribution in [-0.2, 0) is 5.41 Å². The van der Waals surface area contributed by atoms with E-state index in [9.17, 15) is 0 Å². The maximum absolute atomic E-state index is 5.10. The third kappa shape index (κ3) is 4.87. The smallest absolute Gasteiger partial charge is 0.160 e. The lowest BCUT2D eigenvalue weighted by molar-refractivity contribution is 0.794. The number of nitrogens with zero attached hydrogens (tertiary/aromatic N) is 3. The molecule has 2 aliphatic rings. The fraction of sp³-hybridized carbons (Fsp3) is 0.0192. The number of aromatic nitrogens is 3. The van der Waals surface area contributed by atoms with Gasteiger partial charge in [0.1, 0.15) is 0 Å². The van der Waals surface area contributed by atoms with Crippen LogP contribution in [0.3, 0.4) is 0 Å². The average molecular weight is 700 g/mol. The molecule has 0 fully saturated rings. The van der Waals surface area contributed by atoms with Crippen LogP contribution in [0.2, 0.25) is 0 Å². The van der Waals surface area contributed by atoms with Gasteiger partial charge in [0.15, 0.2) is 5.82 Å². The topological polar surface area (TPSA) is 38.7 Å². The molecular weight excluding hydrogens is 667 g/mol. The molecule has 256 valence electrons. The van der Waals surface area contributed by atoms with E-state index >= 15 is 0 Å². The Morgan fingerprint density at radius 3 is 1.33 bits per heavy atom. The molecule has 0 radical (unpaired) electrons. The monoisotopic (exact) mass is 699 g/mol. The standard InChI is InChI=1S/C52H33N3/c1-2-11-38(12-3-1)51-54-49(32-50(55-51)37-26-22-35(23-27-37)40-13-10-30-53-33-40)36-24-20-34(21-25-36)39-28-29-48-44(31-39)43-16-6-9-19-47(43)52(48)45-17-7-4-14-41(45)42-15-5-8-18-46(42)52/h1-33H. The van der Waals surface area contributed by atoms with Crippen molar-refractivity contribution in [3.63, 3.8) is 0 Å². The number of hydrogen-bond acceptors (Lipinski definition) is 3. The third-order valence-electron chi connectivity index (χ3n) is 11.4. The van der Waals surface area contributed by atoms with Gasteiger partial charge in [-0.15, -0.1) is 0 Å². The van der Waals surface area contributed by atoms with Crippen molar-refractivity contribution in [1.29, 1.82) is 0 Å². The maximum atomic E-state index is 5.10. The minimum atomic E-state index is -0.332. The first-order valence-electron chi connectivity index (χ1n) is 18.8. The van der Waals surface area contributed by atoms with Crippen molar-refractivity contribution in [3.8, 4) is 78.4 Å². The summed E-state index contributed by atoms with van der Waals surface area (Å²) in [6.45, 7) is 0. The van der Waals surface area contributed by atoms with E-state index in [-0.39, 0.29) is 5.41 Å². The van der Waals surface area contributed by atoms with Gasteiger partial charge in [-0.3, -0.25) is 4.98 Å². The molecule has 0 bridgehead atoms. The fourth-order valence-electron chi connectivity index (χ4n) is 8.94. The Hall–Kier alpha value is -7.23. The summed E-state index contributed by atoms with van der Waals surface area (Å²) in [5.74, 6) is 0.704. The minimum Gasteiger partial charge on any atom is -0.264 e. The molecule has 0 N–H and O–H groups in total. The molecular formula is C52H33N3. The summed E-state index contributed by atoms with van der Waals surface area (Å²) in [7, 11) is 0. The predicted molar refractivity (Wildman–Crippen MR) is 223 cm³/mol. The van der Waals surface area contributed by atoms with Crippen molar-refractivity contribution < 1.29 is 0 Å². The zero-order chi connectivity index (χ0) is 36.3. The van der Waals surface area contributed by atoms with Crippen LogP contribution in [0.4, 0.5) is 0 Å². The second kappa shape index (κ2) is 12.4. The number of fused-ring (bicyclic) bond motifs is 10. The van der Waals surface area contributed by atoms with Crippen LogP contribution in [0, 0.1) is 0 Å². The highest BCUT2D eigenvalue weighted by molar-refractivity contribution is 5.96. The summed E-state index contributed by atoms with van der Waals surface area (Å²) in [5.41, 5.74) is 19.7. The molecule has 3 heteroatoms. The molecule has 0 saturated carbocycles. The molecule has 55 heavy (non-hydrogen) atoms. The molecule has 0 unspecified atom stereocenters. The highest BCUT2D eigenvalue weighted by Crippen LogP contribution is 2.62. The van der Waals surface area contributed by atoms with Crippen LogP contribution in [0.25, 0.3) is 78.4 Å². The molecule has 2 aromatic heterocycles. The van der Waals surface area contributed by atoms with Crippen LogP contribution in [0.15, 0.2) is 200 Å². The molecule has 0 amide bonds. The van der Waals surface area contributed by atoms with Crippen molar-refractivity contribution in [1.82, 2.24) is 15.0 Å². The summed E-state index contributed by atoms with van der Waals surface area (Å²) < 4.78 is 0. The van der Waals surface area contributed by atoms with Gasteiger partial charge in [0.25, 0.3) is 0 Å². The van der Waals surface area contributed by atoms with Crippen LogP contribution < -0.4 is 0 Å². The van der Waals surface area contributed by atoms with Crippen LogP contribution in [0.5, 0.6) is 0 Å².